The van der Waals surface area contributed by atoms with Crippen LogP contribution in [0, 0.1) is 16.0 Å². The number of nitro benzene ring substituents is 1. The first-order valence-corrected chi connectivity index (χ1v) is 15.8. The number of benzene rings is 3. The minimum absolute atomic E-state index is 0.0826. The molecule has 0 aromatic heterocycles. The maximum Gasteiger partial charge on any atom is 0.336 e. The Bertz CT molecular complexity index is 1580. The number of non-ortho nitro benzene ring substituents is 1. The summed E-state index contributed by atoms with van der Waals surface area (Å²) in [6.07, 6.45) is 1.48. The quantitative estimate of drug-likeness (QED) is 0.142. The molecular formula is C37H41N3O6. The lowest BCUT2D eigenvalue weighted by molar-refractivity contribution is -0.384. The topological polar surface area (TPSA) is 111 Å². The second-order valence-corrected chi connectivity index (χ2v) is 12.3. The maximum absolute atomic E-state index is 13.8. The van der Waals surface area contributed by atoms with Crippen LogP contribution in [-0.2, 0) is 24.5 Å². The number of hydrogen-bond acceptors (Lipinski definition) is 8. The number of carbonyl (C=O) groups is 2. The van der Waals surface area contributed by atoms with Gasteiger partial charge in [-0.25, -0.2) is 4.79 Å². The molecule has 2 unspecified atom stereocenters. The number of carbonyl (C=O) groups excluding carboxylic acids is 2. The summed E-state index contributed by atoms with van der Waals surface area (Å²) in [7, 11) is 0. The number of esters is 2. The van der Waals surface area contributed by atoms with Crippen molar-refractivity contribution in [2.45, 2.75) is 58.0 Å². The molecule has 9 nitrogen and oxygen atoms in total. The number of ether oxygens (including phenoxy) is 2. The zero-order valence-electron chi connectivity index (χ0n) is 26.8. The molecule has 2 aliphatic heterocycles. The van der Waals surface area contributed by atoms with Gasteiger partial charge in [0, 0.05) is 41.4 Å². The molecule has 2 atom stereocenters. The largest absolute Gasteiger partial charge is 0.462 e. The molecule has 2 heterocycles. The van der Waals surface area contributed by atoms with Crippen LogP contribution < -0.4 is 0 Å². The Labute approximate surface area is 270 Å². The van der Waals surface area contributed by atoms with Crippen LogP contribution in [0.5, 0.6) is 0 Å². The fourth-order valence-corrected chi connectivity index (χ4v) is 6.87. The van der Waals surface area contributed by atoms with Gasteiger partial charge < -0.3 is 9.47 Å². The van der Waals surface area contributed by atoms with Crippen LogP contribution >= 0.6 is 0 Å². The first kappa shape index (κ1) is 32.8. The van der Waals surface area contributed by atoms with Gasteiger partial charge in [-0.15, -0.1) is 0 Å². The monoisotopic (exact) mass is 623 g/mol. The van der Waals surface area contributed by atoms with Crippen LogP contribution in [0.15, 0.2) is 101 Å². The number of likely N-dealkylation sites (tertiary alicyclic amines) is 1. The normalized spacial score (nSPS) is 19.8. The predicted molar refractivity (Wildman–Crippen MR) is 177 cm³/mol. The average Bonchev–Trinajstić information content (AvgIpc) is 3.05. The Morgan fingerprint density at radius 1 is 0.957 bits per heavy atom. The summed E-state index contributed by atoms with van der Waals surface area (Å²) in [5.41, 5.74) is 3.95. The third-order valence-electron chi connectivity index (χ3n) is 9.10. The number of hydrogen-bond donors (Lipinski definition) is 0. The molecular weight excluding hydrogens is 582 g/mol. The lowest BCUT2D eigenvalue weighted by Crippen LogP contribution is -2.44. The standard InChI is InChI=1S/C37H41N3O6/c1-25(2)46-36(42)33-27(4)38-26(3)32(34(33)28-12-11-17-31(24-28)40(43)44)35(41)45-23-22-39-20-18-37(19-21-39,29-13-7-5-8-14-29)30-15-9-6-10-16-30/h5-17,24-25,33-34H,18-23H2,1-4H3. The molecule has 0 saturated carbocycles. The van der Waals surface area contributed by atoms with Crippen LogP contribution in [0.4, 0.5) is 5.69 Å². The van der Waals surface area contributed by atoms with E-state index in [9.17, 15) is 19.7 Å². The van der Waals surface area contributed by atoms with Gasteiger partial charge in [-0.1, -0.05) is 72.8 Å². The summed E-state index contributed by atoms with van der Waals surface area (Å²) in [5.74, 6) is -2.91. The van der Waals surface area contributed by atoms with Crippen LogP contribution in [0.25, 0.3) is 0 Å². The Balaban J connectivity index is 1.32. The van der Waals surface area contributed by atoms with Gasteiger partial charge in [-0.3, -0.25) is 24.8 Å². The van der Waals surface area contributed by atoms with Crippen molar-refractivity contribution in [3.8, 4) is 0 Å². The molecule has 3 aromatic rings. The molecule has 0 N–H and O–H groups in total. The van der Waals surface area contributed by atoms with Crippen molar-refractivity contribution in [2.75, 3.05) is 26.2 Å². The molecule has 0 amide bonds. The maximum atomic E-state index is 13.8. The third kappa shape index (κ3) is 6.94. The van der Waals surface area contributed by atoms with Gasteiger partial charge in [0.25, 0.3) is 5.69 Å². The summed E-state index contributed by atoms with van der Waals surface area (Å²) in [4.78, 5) is 45.1. The molecule has 0 spiro atoms. The molecule has 1 saturated heterocycles. The van der Waals surface area contributed by atoms with Gasteiger partial charge in [-0.05, 0) is 70.3 Å². The number of nitro groups is 1. The Morgan fingerprint density at radius 3 is 2.13 bits per heavy atom. The van der Waals surface area contributed by atoms with Crippen LogP contribution in [-0.4, -0.2) is 59.8 Å². The highest BCUT2D eigenvalue weighted by molar-refractivity contribution is 6.07. The van der Waals surface area contributed by atoms with Gasteiger partial charge in [0.2, 0.25) is 0 Å². The van der Waals surface area contributed by atoms with E-state index in [1.165, 1.54) is 23.3 Å². The molecule has 1 fully saturated rings. The van der Waals surface area contributed by atoms with E-state index >= 15 is 0 Å². The minimum Gasteiger partial charge on any atom is -0.462 e. The lowest BCUT2D eigenvalue weighted by atomic mass is 9.68. The first-order valence-electron chi connectivity index (χ1n) is 15.8. The van der Waals surface area contributed by atoms with E-state index in [1.54, 1.807) is 39.8 Å². The molecule has 5 rings (SSSR count). The molecule has 3 aromatic carbocycles. The highest BCUT2D eigenvalue weighted by Gasteiger charge is 2.43. The van der Waals surface area contributed by atoms with Crippen molar-refractivity contribution < 1.29 is 24.0 Å². The summed E-state index contributed by atoms with van der Waals surface area (Å²) in [5, 5.41) is 11.6. The molecule has 0 bridgehead atoms. The average molecular weight is 624 g/mol. The zero-order valence-corrected chi connectivity index (χ0v) is 26.8. The number of allylic oxidation sites excluding steroid dienone is 1. The number of nitrogens with zero attached hydrogens (tertiary/aromatic N) is 3. The van der Waals surface area contributed by atoms with Crippen LogP contribution in [0.2, 0.25) is 0 Å². The van der Waals surface area contributed by atoms with Crippen molar-refractivity contribution in [1.29, 1.82) is 0 Å². The molecule has 0 radical (unpaired) electrons. The van der Waals surface area contributed by atoms with Crippen molar-refractivity contribution in [2.24, 2.45) is 10.9 Å². The van der Waals surface area contributed by atoms with E-state index in [-0.39, 0.29) is 29.4 Å². The van der Waals surface area contributed by atoms with E-state index in [4.69, 9.17) is 9.47 Å². The number of rotatable bonds is 10. The summed E-state index contributed by atoms with van der Waals surface area (Å²) in [6, 6.07) is 27.3. The predicted octanol–water partition coefficient (Wildman–Crippen LogP) is 6.62. The first-order chi connectivity index (χ1) is 22.1. The second kappa shape index (κ2) is 14.2. The Kier molecular flexibility index (Phi) is 10.1. The summed E-state index contributed by atoms with van der Waals surface area (Å²) >= 11 is 0. The van der Waals surface area contributed by atoms with Gasteiger partial charge in [-0.2, -0.15) is 0 Å². The van der Waals surface area contributed by atoms with Gasteiger partial charge >= 0.3 is 11.9 Å². The fraction of sp³-hybridized carbons (Fsp3) is 0.378. The smallest absolute Gasteiger partial charge is 0.336 e. The van der Waals surface area contributed by atoms with Crippen molar-refractivity contribution in [3.63, 3.8) is 0 Å². The van der Waals surface area contributed by atoms with E-state index < -0.39 is 28.7 Å². The molecule has 0 aliphatic carbocycles. The van der Waals surface area contributed by atoms with Crippen LogP contribution in [0.3, 0.4) is 0 Å². The van der Waals surface area contributed by atoms with Crippen molar-refractivity contribution in [3.05, 3.63) is 123 Å². The number of aliphatic imine (C=N–C) groups is 1. The van der Waals surface area contributed by atoms with E-state index in [1.807, 2.05) is 12.1 Å². The van der Waals surface area contributed by atoms with Gasteiger partial charge in [0.05, 0.1) is 16.6 Å². The molecule has 2 aliphatic rings. The Hall–Kier alpha value is -4.63. The fourth-order valence-electron chi connectivity index (χ4n) is 6.87. The molecule has 240 valence electrons. The third-order valence-corrected chi connectivity index (χ3v) is 9.10. The zero-order chi connectivity index (χ0) is 32.8. The van der Waals surface area contributed by atoms with E-state index in [0.717, 1.165) is 25.9 Å². The van der Waals surface area contributed by atoms with E-state index in [2.05, 4.69) is 58.4 Å². The second-order valence-electron chi connectivity index (χ2n) is 12.3. The van der Waals surface area contributed by atoms with E-state index in [0.29, 0.717) is 23.5 Å². The highest BCUT2D eigenvalue weighted by Crippen LogP contribution is 2.43. The summed E-state index contributed by atoms with van der Waals surface area (Å²) < 4.78 is 11.4. The number of piperidine rings is 1. The van der Waals surface area contributed by atoms with Crippen molar-refractivity contribution >= 4 is 23.3 Å². The molecule has 9 heteroatoms. The SMILES string of the molecule is CC1=NC(C)=C(C(=O)OCCN2CCC(c3ccccc3)(c3ccccc3)CC2)C(c2cccc([N+](=O)[O-])c2)C1C(=O)OC(C)C. The molecule has 46 heavy (non-hydrogen) atoms. The van der Waals surface area contributed by atoms with Crippen molar-refractivity contribution in [1.82, 2.24) is 4.90 Å². The van der Waals surface area contributed by atoms with Gasteiger partial charge in [0.15, 0.2) is 0 Å². The Morgan fingerprint density at radius 2 is 1.57 bits per heavy atom. The highest BCUT2D eigenvalue weighted by atomic mass is 16.6. The van der Waals surface area contributed by atoms with Crippen LogP contribution in [0.1, 0.15) is 63.1 Å². The van der Waals surface area contributed by atoms with Gasteiger partial charge in [0.1, 0.15) is 12.5 Å². The minimum atomic E-state index is -0.929. The lowest BCUT2D eigenvalue weighted by Gasteiger charge is -2.43. The summed E-state index contributed by atoms with van der Waals surface area (Å²) in [6.45, 7) is 9.30.